The van der Waals surface area contributed by atoms with E-state index in [1.165, 1.54) is 0 Å². The number of rotatable bonds is 5. The lowest BCUT2D eigenvalue weighted by atomic mass is 10.1. The lowest BCUT2D eigenvalue weighted by molar-refractivity contribution is -0.120. The van der Waals surface area contributed by atoms with E-state index in [2.05, 4.69) is 19.2 Å². The lowest BCUT2D eigenvalue weighted by Gasteiger charge is -2.18. The summed E-state index contributed by atoms with van der Waals surface area (Å²) in [6.07, 6.45) is 0. The van der Waals surface area contributed by atoms with E-state index in [1.54, 1.807) is 6.07 Å². The molecule has 0 aliphatic carbocycles. The first kappa shape index (κ1) is 13.0. The molecule has 3 N–H and O–H groups in total. The van der Waals surface area contributed by atoms with Crippen molar-refractivity contribution in [3.63, 3.8) is 0 Å². The van der Waals surface area contributed by atoms with Gasteiger partial charge < -0.3 is 11.1 Å². The third kappa shape index (κ3) is 3.51. The van der Waals surface area contributed by atoms with Crippen LogP contribution in [0.1, 0.15) is 25.5 Å². The average Bonchev–Trinajstić information content (AvgIpc) is 2.20. The van der Waals surface area contributed by atoms with Gasteiger partial charge in [0.05, 0.1) is 0 Å². The first-order valence-corrected chi connectivity index (χ1v) is 5.67. The molecular weight excluding hydrogens is 224 g/mol. The van der Waals surface area contributed by atoms with E-state index in [9.17, 15) is 4.79 Å². The van der Waals surface area contributed by atoms with Gasteiger partial charge >= 0.3 is 0 Å². The second-order valence-electron chi connectivity index (χ2n) is 4.16. The van der Waals surface area contributed by atoms with Gasteiger partial charge in [-0.25, -0.2) is 0 Å². The Labute approximate surface area is 101 Å². The predicted molar refractivity (Wildman–Crippen MR) is 66.2 cm³/mol. The molecule has 0 spiro atoms. The number of halogens is 1. The molecule has 3 nitrogen and oxygen atoms in total. The number of hydrogen-bond donors (Lipinski definition) is 2. The summed E-state index contributed by atoms with van der Waals surface area (Å²) in [6.45, 7) is 4.86. The molecule has 0 aromatic heterocycles. The molecule has 0 saturated heterocycles. The Morgan fingerprint density at radius 2 is 2.06 bits per heavy atom. The fraction of sp³-hybridized carbons (Fsp3) is 0.417. The van der Waals surface area contributed by atoms with Crippen molar-refractivity contribution >= 4 is 17.5 Å². The van der Waals surface area contributed by atoms with Crippen molar-refractivity contribution in [1.82, 2.24) is 5.32 Å². The molecule has 16 heavy (non-hydrogen) atoms. The van der Waals surface area contributed by atoms with Crippen molar-refractivity contribution in [2.45, 2.75) is 19.9 Å². The first-order valence-electron chi connectivity index (χ1n) is 5.29. The van der Waals surface area contributed by atoms with Crippen LogP contribution in [0.2, 0.25) is 5.02 Å². The summed E-state index contributed by atoms with van der Waals surface area (Å²) in [5.41, 5.74) is 6.10. The van der Waals surface area contributed by atoms with Crippen molar-refractivity contribution in [2.24, 2.45) is 11.7 Å². The molecule has 0 heterocycles. The summed E-state index contributed by atoms with van der Waals surface area (Å²) in [5.74, 6) is 0.0399. The molecule has 0 saturated carbocycles. The number of carbonyl (C=O) groups is 1. The fourth-order valence-corrected chi connectivity index (χ4v) is 1.67. The van der Waals surface area contributed by atoms with E-state index < -0.39 is 11.9 Å². The number of nitrogens with one attached hydrogen (secondary N) is 1. The van der Waals surface area contributed by atoms with Gasteiger partial charge in [0, 0.05) is 5.02 Å². The van der Waals surface area contributed by atoms with Gasteiger partial charge in [-0.15, -0.1) is 0 Å². The van der Waals surface area contributed by atoms with Crippen molar-refractivity contribution in [2.75, 3.05) is 6.54 Å². The zero-order valence-corrected chi connectivity index (χ0v) is 10.3. The highest BCUT2D eigenvalue weighted by Gasteiger charge is 2.19. The first-order chi connectivity index (χ1) is 7.52. The molecule has 1 unspecified atom stereocenters. The van der Waals surface area contributed by atoms with Gasteiger partial charge in [-0.2, -0.15) is 0 Å². The molecule has 0 radical (unpaired) electrons. The van der Waals surface area contributed by atoms with Gasteiger partial charge in [0.1, 0.15) is 6.04 Å². The SMILES string of the molecule is CC(C)CNC(C(N)=O)c1ccccc1Cl. The molecule has 1 aromatic rings. The van der Waals surface area contributed by atoms with Crippen LogP contribution in [0.15, 0.2) is 24.3 Å². The Hall–Kier alpha value is -1.06. The molecule has 0 fully saturated rings. The molecular formula is C12H17ClN2O. The van der Waals surface area contributed by atoms with Crippen LogP contribution >= 0.6 is 11.6 Å². The highest BCUT2D eigenvalue weighted by molar-refractivity contribution is 6.31. The zero-order chi connectivity index (χ0) is 12.1. The smallest absolute Gasteiger partial charge is 0.239 e. The third-order valence-corrected chi connectivity index (χ3v) is 2.58. The summed E-state index contributed by atoms with van der Waals surface area (Å²) in [6, 6.07) is 6.71. The minimum Gasteiger partial charge on any atom is -0.368 e. The van der Waals surface area contributed by atoms with E-state index in [0.717, 1.165) is 12.1 Å². The second-order valence-corrected chi connectivity index (χ2v) is 4.57. The Kier molecular flexibility index (Phi) is 4.77. The standard InChI is InChI=1S/C12H17ClN2O/c1-8(2)7-15-11(12(14)16)9-5-3-4-6-10(9)13/h3-6,8,11,15H,7H2,1-2H3,(H2,14,16). The van der Waals surface area contributed by atoms with E-state index in [0.29, 0.717) is 10.9 Å². The molecule has 4 heteroatoms. The van der Waals surface area contributed by atoms with Gasteiger partial charge in [0.2, 0.25) is 5.91 Å². The quantitative estimate of drug-likeness (QED) is 0.828. The third-order valence-electron chi connectivity index (χ3n) is 2.23. The summed E-state index contributed by atoms with van der Waals surface area (Å²) < 4.78 is 0. The highest BCUT2D eigenvalue weighted by atomic mass is 35.5. The number of amides is 1. The number of carbonyl (C=O) groups excluding carboxylic acids is 1. The van der Waals surface area contributed by atoms with Gasteiger partial charge in [-0.1, -0.05) is 43.6 Å². The molecule has 88 valence electrons. The van der Waals surface area contributed by atoms with Gasteiger partial charge in [-0.3, -0.25) is 4.79 Å². The summed E-state index contributed by atoms with van der Waals surface area (Å²) >= 11 is 6.03. The van der Waals surface area contributed by atoms with Gasteiger partial charge in [0.25, 0.3) is 0 Å². The van der Waals surface area contributed by atoms with Crippen LogP contribution < -0.4 is 11.1 Å². The van der Waals surface area contributed by atoms with Crippen LogP contribution in [0.5, 0.6) is 0 Å². The Balaban J connectivity index is 2.86. The topological polar surface area (TPSA) is 55.1 Å². The minimum atomic E-state index is -0.518. The normalized spacial score (nSPS) is 12.8. The van der Waals surface area contributed by atoms with E-state index >= 15 is 0 Å². The zero-order valence-electron chi connectivity index (χ0n) is 9.53. The van der Waals surface area contributed by atoms with E-state index in [4.69, 9.17) is 17.3 Å². The fourth-order valence-electron chi connectivity index (χ4n) is 1.43. The van der Waals surface area contributed by atoms with Crippen LogP contribution in [0, 0.1) is 5.92 Å². The van der Waals surface area contributed by atoms with Crippen LogP contribution in [-0.2, 0) is 4.79 Å². The lowest BCUT2D eigenvalue weighted by Crippen LogP contribution is -2.35. The number of primary amides is 1. The molecule has 1 aromatic carbocycles. The Morgan fingerprint density at radius 1 is 1.44 bits per heavy atom. The number of nitrogens with two attached hydrogens (primary N) is 1. The Bertz CT molecular complexity index is 366. The summed E-state index contributed by atoms with van der Waals surface area (Å²) in [4.78, 5) is 11.4. The predicted octanol–water partition coefficient (Wildman–Crippen LogP) is 2.11. The molecule has 0 aliphatic heterocycles. The second kappa shape index (κ2) is 5.87. The van der Waals surface area contributed by atoms with Gasteiger partial charge in [-0.05, 0) is 24.1 Å². The maximum Gasteiger partial charge on any atom is 0.239 e. The van der Waals surface area contributed by atoms with E-state index in [1.807, 2.05) is 18.2 Å². The maximum atomic E-state index is 11.4. The van der Waals surface area contributed by atoms with Crippen molar-refractivity contribution in [3.05, 3.63) is 34.9 Å². The van der Waals surface area contributed by atoms with Gasteiger partial charge in [0.15, 0.2) is 0 Å². The molecule has 1 amide bonds. The Morgan fingerprint density at radius 3 is 2.56 bits per heavy atom. The largest absolute Gasteiger partial charge is 0.368 e. The van der Waals surface area contributed by atoms with Crippen LogP contribution in [0.25, 0.3) is 0 Å². The minimum absolute atomic E-state index is 0.409. The van der Waals surface area contributed by atoms with Crippen LogP contribution in [0.3, 0.4) is 0 Å². The molecule has 1 atom stereocenters. The van der Waals surface area contributed by atoms with Crippen molar-refractivity contribution in [1.29, 1.82) is 0 Å². The average molecular weight is 241 g/mol. The molecule has 1 rings (SSSR count). The van der Waals surface area contributed by atoms with Crippen LogP contribution in [0.4, 0.5) is 0 Å². The number of hydrogen-bond acceptors (Lipinski definition) is 2. The molecule has 0 aliphatic rings. The van der Waals surface area contributed by atoms with Crippen molar-refractivity contribution < 1.29 is 4.79 Å². The van der Waals surface area contributed by atoms with Crippen LogP contribution in [-0.4, -0.2) is 12.5 Å². The summed E-state index contributed by atoms with van der Waals surface area (Å²) in [7, 11) is 0. The maximum absolute atomic E-state index is 11.4. The van der Waals surface area contributed by atoms with E-state index in [-0.39, 0.29) is 0 Å². The highest BCUT2D eigenvalue weighted by Crippen LogP contribution is 2.22. The number of benzene rings is 1. The van der Waals surface area contributed by atoms with Crippen molar-refractivity contribution in [3.8, 4) is 0 Å². The molecule has 0 bridgehead atoms. The summed E-state index contributed by atoms with van der Waals surface area (Å²) in [5, 5.41) is 3.67. The monoisotopic (exact) mass is 240 g/mol.